The van der Waals surface area contributed by atoms with Crippen LogP contribution < -0.4 is 10.6 Å². The summed E-state index contributed by atoms with van der Waals surface area (Å²) in [7, 11) is 3.46. The zero-order valence-electron chi connectivity index (χ0n) is 18.0. The minimum absolute atomic E-state index is 0.0143. The third kappa shape index (κ3) is 4.87. The average molecular weight is 416 g/mol. The van der Waals surface area contributed by atoms with Gasteiger partial charge in [0.05, 0.1) is 17.8 Å². The van der Waals surface area contributed by atoms with Crippen molar-refractivity contribution in [2.75, 3.05) is 20.6 Å². The number of fused-ring (bicyclic) bond motifs is 1. The number of amides is 2. The van der Waals surface area contributed by atoms with E-state index in [1.165, 1.54) is 20.9 Å². The second-order valence-corrected chi connectivity index (χ2v) is 8.29. The van der Waals surface area contributed by atoms with E-state index in [0.717, 1.165) is 36.6 Å². The number of aromatic nitrogens is 2. The van der Waals surface area contributed by atoms with Crippen LogP contribution in [0.3, 0.4) is 0 Å². The first-order valence-electron chi connectivity index (χ1n) is 10.2. The predicted molar refractivity (Wildman–Crippen MR) is 114 cm³/mol. The minimum atomic E-state index is -1.89. The summed E-state index contributed by atoms with van der Waals surface area (Å²) in [6, 6.07) is 8.61. The van der Waals surface area contributed by atoms with Crippen LogP contribution in [0.5, 0.6) is 0 Å². The molecule has 162 valence electrons. The van der Waals surface area contributed by atoms with Gasteiger partial charge >= 0.3 is 0 Å². The zero-order chi connectivity index (χ0) is 21.9. The van der Waals surface area contributed by atoms with Gasteiger partial charge in [0.25, 0.3) is 0 Å². The first-order chi connectivity index (χ1) is 14.2. The Morgan fingerprint density at radius 1 is 1.23 bits per heavy atom. The molecule has 1 unspecified atom stereocenters. The van der Waals surface area contributed by atoms with Crippen LogP contribution in [-0.4, -0.2) is 58.6 Å². The molecule has 0 aliphatic carbocycles. The number of benzene rings is 1. The molecular weight excluding hydrogens is 385 g/mol. The quantitative estimate of drug-likeness (QED) is 0.755. The van der Waals surface area contributed by atoms with Crippen molar-refractivity contribution >= 4 is 11.8 Å². The SMILES string of the molecule is CNC(=O)C(NC(=O)Cc1nc(-c2ccccc2)n2c1CN(C)CCC2)C(C)(C)F. The summed E-state index contributed by atoms with van der Waals surface area (Å²) >= 11 is 0. The molecule has 0 radical (unpaired) electrons. The van der Waals surface area contributed by atoms with Crippen molar-refractivity contribution in [3.05, 3.63) is 41.7 Å². The first kappa shape index (κ1) is 22.0. The Bertz CT molecular complexity index is 904. The van der Waals surface area contributed by atoms with Gasteiger partial charge in [-0.05, 0) is 33.9 Å². The molecule has 7 nitrogen and oxygen atoms in total. The number of hydrogen-bond donors (Lipinski definition) is 2. The Balaban J connectivity index is 1.91. The van der Waals surface area contributed by atoms with Crippen molar-refractivity contribution in [2.45, 2.75) is 51.5 Å². The normalized spacial score (nSPS) is 15.8. The second kappa shape index (κ2) is 8.95. The first-order valence-corrected chi connectivity index (χ1v) is 10.2. The van der Waals surface area contributed by atoms with E-state index in [0.29, 0.717) is 12.2 Å². The van der Waals surface area contributed by atoms with Crippen molar-refractivity contribution in [3.63, 3.8) is 0 Å². The Hall–Kier alpha value is -2.74. The van der Waals surface area contributed by atoms with Crippen LogP contribution in [0.4, 0.5) is 4.39 Å². The summed E-state index contributed by atoms with van der Waals surface area (Å²) in [5, 5.41) is 4.96. The zero-order valence-corrected chi connectivity index (χ0v) is 18.0. The van der Waals surface area contributed by atoms with Gasteiger partial charge in [0, 0.05) is 25.7 Å². The molecule has 2 amide bonds. The molecule has 0 bridgehead atoms. The molecule has 2 heterocycles. The van der Waals surface area contributed by atoms with Crippen molar-refractivity contribution < 1.29 is 14.0 Å². The van der Waals surface area contributed by atoms with Crippen molar-refractivity contribution in [2.24, 2.45) is 0 Å². The molecule has 1 aliphatic rings. The van der Waals surface area contributed by atoms with Crippen LogP contribution in [0.25, 0.3) is 11.4 Å². The molecule has 0 spiro atoms. The summed E-state index contributed by atoms with van der Waals surface area (Å²) in [5.74, 6) is -0.164. The number of imidazole rings is 1. The topological polar surface area (TPSA) is 79.3 Å². The Kier molecular flexibility index (Phi) is 6.55. The molecule has 2 N–H and O–H groups in total. The molecule has 2 aromatic rings. The van der Waals surface area contributed by atoms with E-state index in [1.54, 1.807) is 0 Å². The molecule has 1 aromatic heterocycles. The molecule has 3 rings (SSSR count). The average Bonchev–Trinajstić information content (AvgIpc) is 2.89. The molecule has 0 saturated heterocycles. The second-order valence-electron chi connectivity index (χ2n) is 8.29. The van der Waals surface area contributed by atoms with Gasteiger partial charge in [0.2, 0.25) is 11.8 Å². The third-order valence-electron chi connectivity index (χ3n) is 5.36. The highest BCUT2D eigenvalue weighted by atomic mass is 19.1. The van der Waals surface area contributed by atoms with Crippen LogP contribution in [0.1, 0.15) is 31.7 Å². The summed E-state index contributed by atoms with van der Waals surface area (Å²) in [4.78, 5) is 31.8. The maximum Gasteiger partial charge on any atom is 0.245 e. The molecule has 1 aliphatic heterocycles. The Labute approximate surface area is 176 Å². The molecule has 0 fully saturated rings. The standard InChI is InChI=1S/C22H30FN5O2/c1-22(2,23)19(21(30)24-3)26-18(29)13-16-17-14-27(4)11-8-12-28(17)20(25-16)15-9-6-5-7-10-15/h5-7,9-10,19H,8,11-14H2,1-4H3,(H,24,30)(H,26,29). The highest BCUT2D eigenvalue weighted by Gasteiger charge is 2.36. The van der Waals surface area contributed by atoms with Crippen molar-refractivity contribution in [1.29, 1.82) is 0 Å². The molecule has 8 heteroatoms. The fourth-order valence-corrected chi connectivity index (χ4v) is 3.79. The summed E-state index contributed by atoms with van der Waals surface area (Å²) < 4.78 is 16.7. The van der Waals surface area contributed by atoms with Crippen LogP contribution in [-0.2, 0) is 29.1 Å². The van der Waals surface area contributed by atoms with E-state index in [4.69, 9.17) is 4.98 Å². The lowest BCUT2D eigenvalue weighted by molar-refractivity contribution is -0.131. The molecule has 1 aromatic carbocycles. The lowest BCUT2D eigenvalue weighted by Gasteiger charge is -2.26. The number of halogens is 1. The largest absolute Gasteiger partial charge is 0.357 e. The van der Waals surface area contributed by atoms with E-state index < -0.39 is 23.5 Å². The van der Waals surface area contributed by atoms with Crippen LogP contribution in [0.15, 0.2) is 30.3 Å². The van der Waals surface area contributed by atoms with Gasteiger partial charge in [-0.15, -0.1) is 0 Å². The maximum absolute atomic E-state index is 14.5. The van der Waals surface area contributed by atoms with Gasteiger partial charge in [0.1, 0.15) is 17.5 Å². The smallest absolute Gasteiger partial charge is 0.245 e. The van der Waals surface area contributed by atoms with Gasteiger partial charge in [-0.2, -0.15) is 0 Å². The predicted octanol–water partition coefficient (Wildman–Crippen LogP) is 1.91. The van der Waals surface area contributed by atoms with E-state index in [1.807, 2.05) is 37.4 Å². The van der Waals surface area contributed by atoms with Crippen LogP contribution in [0.2, 0.25) is 0 Å². The summed E-state index contributed by atoms with van der Waals surface area (Å²) in [6.07, 6.45) is 0.972. The fourth-order valence-electron chi connectivity index (χ4n) is 3.79. The third-order valence-corrected chi connectivity index (χ3v) is 5.36. The summed E-state index contributed by atoms with van der Waals surface area (Å²) in [5.41, 5.74) is 0.742. The van der Waals surface area contributed by atoms with E-state index in [9.17, 15) is 14.0 Å². The van der Waals surface area contributed by atoms with Gasteiger partial charge in [-0.1, -0.05) is 30.3 Å². The molecular formula is C22H30FN5O2. The monoisotopic (exact) mass is 415 g/mol. The van der Waals surface area contributed by atoms with Crippen molar-refractivity contribution in [1.82, 2.24) is 25.1 Å². The molecule has 0 saturated carbocycles. The number of hydrogen-bond acceptors (Lipinski definition) is 4. The van der Waals surface area contributed by atoms with Gasteiger partial charge in [-0.3, -0.25) is 9.59 Å². The summed E-state index contributed by atoms with van der Waals surface area (Å²) in [6.45, 7) is 5.00. The van der Waals surface area contributed by atoms with E-state index in [-0.39, 0.29) is 6.42 Å². The maximum atomic E-state index is 14.5. The van der Waals surface area contributed by atoms with E-state index in [2.05, 4.69) is 20.1 Å². The van der Waals surface area contributed by atoms with Crippen molar-refractivity contribution in [3.8, 4) is 11.4 Å². The van der Waals surface area contributed by atoms with Crippen LogP contribution >= 0.6 is 0 Å². The lowest BCUT2D eigenvalue weighted by Crippen LogP contribution is -2.55. The minimum Gasteiger partial charge on any atom is -0.357 e. The van der Waals surface area contributed by atoms with Gasteiger partial charge in [-0.25, -0.2) is 9.37 Å². The van der Waals surface area contributed by atoms with Gasteiger partial charge in [0.15, 0.2) is 0 Å². The van der Waals surface area contributed by atoms with Gasteiger partial charge < -0.3 is 20.1 Å². The number of nitrogens with zero attached hydrogens (tertiary/aromatic N) is 3. The highest BCUT2D eigenvalue weighted by molar-refractivity contribution is 5.89. The highest BCUT2D eigenvalue weighted by Crippen LogP contribution is 2.26. The Morgan fingerprint density at radius 3 is 2.57 bits per heavy atom. The number of carbonyl (C=O) groups is 2. The number of nitrogens with one attached hydrogen (secondary N) is 2. The number of rotatable bonds is 6. The van der Waals surface area contributed by atoms with Crippen LogP contribution in [0, 0.1) is 0 Å². The number of likely N-dealkylation sites (N-methyl/N-ethyl adjacent to an activating group) is 1. The molecule has 30 heavy (non-hydrogen) atoms. The Morgan fingerprint density at radius 2 is 1.93 bits per heavy atom. The fraction of sp³-hybridized carbons (Fsp3) is 0.500. The lowest BCUT2D eigenvalue weighted by atomic mass is 9.99. The number of alkyl halides is 1. The number of carbonyl (C=O) groups excluding carboxylic acids is 2. The van der Waals surface area contributed by atoms with E-state index >= 15 is 0 Å². The molecule has 1 atom stereocenters.